The molecule has 2 fully saturated rings. The summed E-state index contributed by atoms with van der Waals surface area (Å²) in [4.78, 5) is 27.2. The van der Waals surface area contributed by atoms with E-state index in [0.29, 0.717) is 11.6 Å². The first kappa shape index (κ1) is 18.3. The zero-order chi connectivity index (χ0) is 17.6. The van der Waals surface area contributed by atoms with Crippen LogP contribution in [0.2, 0.25) is 0 Å². The fourth-order valence-electron chi connectivity index (χ4n) is 3.54. The van der Waals surface area contributed by atoms with Gasteiger partial charge in [-0.15, -0.1) is 11.8 Å². The number of carbonyl (C=O) groups excluding carboxylic acids is 2. The highest BCUT2D eigenvalue weighted by Crippen LogP contribution is 2.31. The summed E-state index contributed by atoms with van der Waals surface area (Å²) in [5, 5.41) is 6.29. The minimum Gasteiger partial charge on any atom is -0.324 e. The normalized spacial score (nSPS) is 20.8. The van der Waals surface area contributed by atoms with Gasteiger partial charge in [0, 0.05) is 23.9 Å². The molecule has 1 unspecified atom stereocenters. The predicted molar refractivity (Wildman–Crippen MR) is 102 cm³/mol. The third kappa shape index (κ3) is 4.55. The van der Waals surface area contributed by atoms with Crippen LogP contribution in [0.15, 0.2) is 24.3 Å². The molecule has 1 aromatic rings. The van der Waals surface area contributed by atoms with E-state index in [0.717, 1.165) is 50.0 Å². The number of carbonyl (C=O) groups is 2. The van der Waals surface area contributed by atoms with Crippen LogP contribution in [0.4, 0.5) is 5.69 Å². The number of nitrogens with one attached hydrogen (secondary N) is 2. The molecule has 2 amide bonds. The highest BCUT2D eigenvalue weighted by molar-refractivity contribution is 7.99. The molecule has 3 rings (SSSR count). The Morgan fingerprint density at radius 2 is 2.08 bits per heavy atom. The molecule has 0 aromatic heterocycles. The van der Waals surface area contributed by atoms with Crippen LogP contribution >= 0.6 is 11.8 Å². The highest BCUT2D eigenvalue weighted by atomic mass is 32.2. The SMILES string of the molecule is CCNCc1cccc(NC(=O)C2CSCN2C(=O)C2CCCC2)c1. The first-order valence-corrected chi connectivity index (χ1v) is 10.3. The molecule has 0 radical (unpaired) electrons. The van der Waals surface area contributed by atoms with E-state index in [4.69, 9.17) is 0 Å². The summed E-state index contributed by atoms with van der Waals surface area (Å²) in [5.74, 6) is 1.54. The van der Waals surface area contributed by atoms with Crippen molar-refractivity contribution in [3.63, 3.8) is 0 Å². The summed E-state index contributed by atoms with van der Waals surface area (Å²) in [5.41, 5.74) is 1.94. The Balaban J connectivity index is 1.62. The topological polar surface area (TPSA) is 61.4 Å². The van der Waals surface area contributed by atoms with E-state index in [1.165, 1.54) is 0 Å². The number of thioether (sulfide) groups is 1. The second-order valence-corrected chi connectivity index (χ2v) is 7.77. The Labute approximate surface area is 153 Å². The van der Waals surface area contributed by atoms with Gasteiger partial charge in [0.25, 0.3) is 0 Å². The smallest absolute Gasteiger partial charge is 0.248 e. The molecule has 2 aliphatic rings. The quantitative estimate of drug-likeness (QED) is 0.818. The molecule has 0 spiro atoms. The summed E-state index contributed by atoms with van der Waals surface area (Å²) in [6, 6.07) is 7.53. The van der Waals surface area contributed by atoms with Crippen molar-refractivity contribution >= 4 is 29.3 Å². The van der Waals surface area contributed by atoms with Crippen LogP contribution in [0.1, 0.15) is 38.2 Å². The molecule has 136 valence electrons. The lowest BCUT2D eigenvalue weighted by Gasteiger charge is -2.25. The Hall–Kier alpha value is -1.53. The summed E-state index contributed by atoms with van der Waals surface area (Å²) < 4.78 is 0. The maximum Gasteiger partial charge on any atom is 0.248 e. The highest BCUT2D eigenvalue weighted by Gasteiger charge is 2.38. The molecule has 1 saturated carbocycles. The molecular weight excluding hydrogens is 334 g/mol. The van der Waals surface area contributed by atoms with Gasteiger partial charge in [-0.2, -0.15) is 0 Å². The van der Waals surface area contributed by atoms with E-state index in [1.807, 2.05) is 24.3 Å². The molecule has 0 bridgehead atoms. The largest absolute Gasteiger partial charge is 0.324 e. The van der Waals surface area contributed by atoms with Crippen LogP contribution in [0, 0.1) is 5.92 Å². The first-order valence-electron chi connectivity index (χ1n) is 9.17. The lowest BCUT2D eigenvalue weighted by Crippen LogP contribution is -2.46. The number of anilines is 1. The monoisotopic (exact) mass is 361 g/mol. The Morgan fingerprint density at radius 3 is 2.84 bits per heavy atom. The second-order valence-electron chi connectivity index (χ2n) is 6.78. The predicted octanol–water partition coefficient (Wildman–Crippen LogP) is 2.83. The molecule has 6 heteroatoms. The van der Waals surface area contributed by atoms with E-state index in [1.54, 1.807) is 16.7 Å². The Kier molecular flexibility index (Phi) is 6.37. The van der Waals surface area contributed by atoms with Crippen molar-refractivity contribution in [3.05, 3.63) is 29.8 Å². The van der Waals surface area contributed by atoms with Gasteiger partial charge in [-0.05, 0) is 37.1 Å². The zero-order valence-electron chi connectivity index (χ0n) is 14.8. The summed E-state index contributed by atoms with van der Waals surface area (Å²) in [7, 11) is 0. The number of benzene rings is 1. The third-order valence-electron chi connectivity index (χ3n) is 4.95. The summed E-state index contributed by atoms with van der Waals surface area (Å²) >= 11 is 1.66. The number of rotatable bonds is 6. The van der Waals surface area contributed by atoms with Crippen molar-refractivity contribution in [2.24, 2.45) is 5.92 Å². The average molecular weight is 362 g/mol. The standard InChI is InChI=1S/C19H27N3O2S/c1-2-20-11-14-6-5-9-16(10-14)21-18(23)17-12-25-13-22(17)19(24)15-7-3-4-8-15/h5-6,9-10,15,17,20H,2-4,7-8,11-13H2,1H3,(H,21,23). The molecule has 25 heavy (non-hydrogen) atoms. The first-order chi connectivity index (χ1) is 12.2. The van der Waals surface area contributed by atoms with Gasteiger partial charge in [-0.25, -0.2) is 0 Å². The van der Waals surface area contributed by atoms with Gasteiger partial charge >= 0.3 is 0 Å². The fraction of sp³-hybridized carbons (Fsp3) is 0.579. The third-order valence-corrected chi connectivity index (χ3v) is 5.96. The van der Waals surface area contributed by atoms with Gasteiger partial charge in [0.15, 0.2) is 0 Å². The minimum absolute atomic E-state index is 0.0723. The van der Waals surface area contributed by atoms with Crippen LogP contribution < -0.4 is 10.6 Å². The van der Waals surface area contributed by atoms with Crippen LogP contribution in [0.3, 0.4) is 0 Å². The van der Waals surface area contributed by atoms with Crippen LogP contribution in [-0.4, -0.2) is 40.9 Å². The van der Waals surface area contributed by atoms with Crippen LogP contribution in [0.25, 0.3) is 0 Å². The van der Waals surface area contributed by atoms with E-state index in [9.17, 15) is 9.59 Å². The number of hydrogen-bond donors (Lipinski definition) is 2. The molecule has 1 aliphatic heterocycles. The lowest BCUT2D eigenvalue weighted by atomic mass is 10.1. The number of amides is 2. The van der Waals surface area contributed by atoms with Gasteiger partial charge in [-0.3, -0.25) is 9.59 Å². The van der Waals surface area contributed by atoms with Crippen molar-refractivity contribution in [1.29, 1.82) is 0 Å². The van der Waals surface area contributed by atoms with Crippen molar-refractivity contribution in [3.8, 4) is 0 Å². The summed E-state index contributed by atoms with van der Waals surface area (Å²) in [6.45, 7) is 3.76. The van der Waals surface area contributed by atoms with Crippen molar-refractivity contribution < 1.29 is 9.59 Å². The molecule has 1 atom stereocenters. The maximum absolute atomic E-state index is 12.7. The van der Waals surface area contributed by atoms with E-state index < -0.39 is 0 Å². The van der Waals surface area contributed by atoms with Gasteiger partial charge in [0.2, 0.25) is 11.8 Å². The molecule has 5 nitrogen and oxygen atoms in total. The maximum atomic E-state index is 12.7. The Morgan fingerprint density at radius 1 is 1.28 bits per heavy atom. The van der Waals surface area contributed by atoms with Gasteiger partial charge in [0.1, 0.15) is 6.04 Å². The molecule has 1 saturated heterocycles. The molecule has 1 heterocycles. The minimum atomic E-state index is -0.351. The van der Waals surface area contributed by atoms with Crippen molar-refractivity contribution in [2.45, 2.75) is 45.2 Å². The second kappa shape index (κ2) is 8.72. The van der Waals surface area contributed by atoms with Crippen LogP contribution in [0.5, 0.6) is 0 Å². The molecule has 1 aliphatic carbocycles. The summed E-state index contributed by atoms with van der Waals surface area (Å²) in [6.07, 6.45) is 4.21. The van der Waals surface area contributed by atoms with Crippen LogP contribution in [-0.2, 0) is 16.1 Å². The van der Waals surface area contributed by atoms with E-state index in [2.05, 4.69) is 17.6 Å². The van der Waals surface area contributed by atoms with Crippen molar-refractivity contribution in [2.75, 3.05) is 23.5 Å². The van der Waals surface area contributed by atoms with E-state index >= 15 is 0 Å². The number of hydrogen-bond acceptors (Lipinski definition) is 4. The molecule has 2 N–H and O–H groups in total. The molecular formula is C19H27N3O2S. The fourth-order valence-corrected chi connectivity index (χ4v) is 4.70. The zero-order valence-corrected chi connectivity index (χ0v) is 15.6. The van der Waals surface area contributed by atoms with Crippen molar-refractivity contribution in [1.82, 2.24) is 10.2 Å². The Bertz CT molecular complexity index is 616. The van der Waals surface area contributed by atoms with Gasteiger partial charge in [0.05, 0.1) is 5.88 Å². The molecule has 1 aromatic carbocycles. The lowest BCUT2D eigenvalue weighted by molar-refractivity contribution is -0.139. The number of nitrogens with zero attached hydrogens (tertiary/aromatic N) is 1. The van der Waals surface area contributed by atoms with Gasteiger partial charge < -0.3 is 15.5 Å². The average Bonchev–Trinajstić information content (AvgIpc) is 3.31. The van der Waals surface area contributed by atoms with Gasteiger partial charge in [-0.1, -0.05) is 31.9 Å². The van der Waals surface area contributed by atoms with E-state index in [-0.39, 0.29) is 23.8 Å².